The number of rotatable bonds is 12. The molecule has 1 amide bonds. The highest BCUT2D eigenvalue weighted by molar-refractivity contribution is 5.93. The number of hydrogen-bond donors (Lipinski definition) is 9. The summed E-state index contributed by atoms with van der Waals surface area (Å²) in [5, 5.41) is 56.9. The van der Waals surface area contributed by atoms with Crippen molar-refractivity contribution in [1.29, 1.82) is 0 Å². The molecule has 0 fully saturated rings. The van der Waals surface area contributed by atoms with Gasteiger partial charge in [0.25, 0.3) is 0 Å². The number of phenols is 2. The number of carbonyl (C=O) groups excluding carboxylic acids is 3. The van der Waals surface area contributed by atoms with Crippen LogP contribution in [0.3, 0.4) is 0 Å². The second-order valence-electron chi connectivity index (χ2n) is 5.77. The van der Waals surface area contributed by atoms with Crippen LogP contribution in [0, 0.1) is 0 Å². The van der Waals surface area contributed by atoms with Gasteiger partial charge in [-0.25, -0.2) is 14.4 Å². The smallest absolute Gasteiger partial charge is 0.360 e. The molecule has 3 atom stereocenters. The number of aliphatic hydroxyl groups excluding tert-OH is 3. The van der Waals surface area contributed by atoms with E-state index in [1.807, 2.05) is 16.3 Å². The molecule has 0 aliphatic rings. The van der Waals surface area contributed by atoms with E-state index in [1.54, 1.807) is 0 Å². The number of carboxylic acids is 1. The molecule has 15 heteroatoms. The zero-order chi connectivity index (χ0) is 23.6. The molecule has 0 saturated heterocycles. The highest BCUT2D eigenvalue weighted by Crippen LogP contribution is 2.28. The van der Waals surface area contributed by atoms with Crippen molar-refractivity contribution in [3.63, 3.8) is 0 Å². The normalized spacial score (nSPS) is 13.5. The lowest BCUT2D eigenvalue weighted by molar-refractivity contribution is -0.162. The standard InChI is InChI=1S/C16H21N3O12/c20-4-8(13(25)17-9(5-21)14(26)27)18-31-16(29)10(6-22)19-30-15(28)7-2-1-3-11(23)12(7)24/h1-3,8-10,18-24H,4-6H2,(H,17,25)(H,26,27)/t8-,9-,10-/m0/s1. The van der Waals surface area contributed by atoms with Crippen molar-refractivity contribution >= 4 is 23.8 Å². The summed E-state index contributed by atoms with van der Waals surface area (Å²) in [6.45, 7) is -2.84. The largest absolute Gasteiger partial charge is 0.504 e. The molecule has 0 bridgehead atoms. The molecular formula is C16H21N3O12. The van der Waals surface area contributed by atoms with E-state index in [9.17, 15) is 39.6 Å². The second-order valence-corrected chi connectivity index (χ2v) is 5.77. The summed E-state index contributed by atoms with van der Waals surface area (Å²) in [6, 6.07) is -1.54. The molecule has 0 saturated carbocycles. The van der Waals surface area contributed by atoms with Gasteiger partial charge in [-0.2, -0.15) is 0 Å². The fourth-order valence-corrected chi connectivity index (χ4v) is 1.87. The third-order valence-corrected chi connectivity index (χ3v) is 3.59. The number of nitrogens with one attached hydrogen (secondary N) is 3. The average molecular weight is 447 g/mol. The average Bonchev–Trinajstić information content (AvgIpc) is 2.74. The third-order valence-electron chi connectivity index (χ3n) is 3.59. The predicted octanol–water partition coefficient (Wildman–Crippen LogP) is -3.91. The van der Waals surface area contributed by atoms with Crippen LogP contribution >= 0.6 is 0 Å². The minimum Gasteiger partial charge on any atom is -0.504 e. The van der Waals surface area contributed by atoms with Gasteiger partial charge in [-0.1, -0.05) is 6.07 Å². The lowest BCUT2D eigenvalue weighted by Gasteiger charge is -2.20. The molecule has 0 aliphatic heterocycles. The van der Waals surface area contributed by atoms with Crippen LogP contribution in [0.4, 0.5) is 0 Å². The Morgan fingerprint density at radius 2 is 1.45 bits per heavy atom. The Hall–Kier alpha value is -3.50. The first-order valence-corrected chi connectivity index (χ1v) is 8.45. The molecule has 172 valence electrons. The van der Waals surface area contributed by atoms with Gasteiger partial charge in [0.05, 0.1) is 19.8 Å². The van der Waals surface area contributed by atoms with E-state index in [0.29, 0.717) is 0 Å². The molecule has 1 aromatic carbocycles. The highest BCUT2D eigenvalue weighted by Gasteiger charge is 2.28. The van der Waals surface area contributed by atoms with Crippen LogP contribution < -0.4 is 16.3 Å². The number of hydroxylamine groups is 2. The Balaban J connectivity index is 2.63. The number of carbonyl (C=O) groups is 4. The third kappa shape index (κ3) is 7.36. The van der Waals surface area contributed by atoms with Crippen LogP contribution in [0.5, 0.6) is 11.5 Å². The fourth-order valence-electron chi connectivity index (χ4n) is 1.87. The zero-order valence-electron chi connectivity index (χ0n) is 15.7. The van der Waals surface area contributed by atoms with E-state index in [1.165, 1.54) is 6.07 Å². The second kappa shape index (κ2) is 12.3. The summed E-state index contributed by atoms with van der Waals surface area (Å²) in [5.41, 5.74) is 3.24. The van der Waals surface area contributed by atoms with Gasteiger partial charge >= 0.3 is 17.9 Å². The summed E-state index contributed by atoms with van der Waals surface area (Å²) in [4.78, 5) is 55.5. The van der Waals surface area contributed by atoms with Crippen molar-refractivity contribution in [3.8, 4) is 11.5 Å². The van der Waals surface area contributed by atoms with Crippen molar-refractivity contribution in [2.45, 2.75) is 18.1 Å². The Morgan fingerprint density at radius 3 is 2.00 bits per heavy atom. The molecule has 0 unspecified atom stereocenters. The molecule has 0 radical (unpaired) electrons. The Kier molecular flexibility index (Phi) is 10.1. The number of aromatic hydroxyl groups is 2. The van der Waals surface area contributed by atoms with Gasteiger partial charge in [0, 0.05) is 0 Å². The molecule has 0 aliphatic carbocycles. The molecule has 31 heavy (non-hydrogen) atoms. The molecule has 1 aromatic rings. The van der Waals surface area contributed by atoms with Crippen molar-refractivity contribution in [2.24, 2.45) is 0 Å². The number of carboxylic acid groups (broad SMARTS) is 1. The molecule has 0 heterocycles. The summed E-state index contributed by atoms with van der Waals surface area (Å²) in [6.07, 6.45) is 0. The maximum Gasteiger partial charge on any atom is 0.360 e. The Morgan fingerprint density at radius 1 is 0.871 bits per heavy atom. The maximum absolute atomic E-state index is 11.9. The minimum atomic E-state index is -1.68. The Bertz CT molecular complexity index is 802. The number of aliphatic carboxylic acids is 1. The van der Waals surface area contributed by atoms with E-state index >= 15 is 0 Å². The topological polar surface area (TPSA) is 244 Å². The van der Waals surface area contributed by atoms with Gasteiger partial charge in [0.2, 0.25) is 5.91 Å². The summed E-state index contributed by atoms with van der Waals surface area (Å²) >= 11 is 0. The van der Waals surface area contributed by atoms with Crippen molar-refractivity contribution in [1.82, 2.24) is 16.3 Å². The van der Waals surface area contributed by atoms with Gasteiger partial charge in [-0.15, -0.1) is 11.0 Å². The Labute approximate surface area is 173 Å². The lowest BCUT2D eigenvalue weighted by Crippen LogP contribution is -2.54. The van der Waals surface area contributed by atoms with E-state index < -0.39 is 78.8 Å². The van der Waals surface area contributed by atoms with Crippen LogP contribution in [0.15, 0.2) is 18.2 Å². The number of aliphatic hydroxyl groups is 3. The number of phenolic OH excluding ortho intramolecular Hbond substituents is 2. The highest BCUT2D eigenvalue weighted by atomic mass is 16.7. The van der Waals surface area contributed by atoms with Crippen LogP contribution in [0.2, 0.25) is 0 Å². The van der Waals surface area contributed by atoms with Crippen molar-refractivity contribution in [2.75, 3.05) is 19.8 Å². The quantitative estimate of drug-likeness (QED) is 0.110. The fraction of sp³-hybridized carbons (Fsp3) is 0.375. The van der Waals surface area contributed by atoms with Crippen LogP contribution in [0.1, 0.15) is 10.4 Å². The SMILES string of the molecule is O=C(ON[C@@H](CO)C(=O)ON[C@@H](CO)C(=O)N[C@@H](CO)C(=O)O)c1cccc(O)c1O. The number of amides is 1. The first kappa shape index (κ1) is 25.5. The van der Waals surface area contributed by atoms with Gasteiger partial charge in [0.1, 0.15) is 17.6 Å². The number of benzene rings is 1. The van der Waals surface area contributed by atoms with Crippen LogP contribution in [-0.2, 0) is 24.1 Å². The lowest BCUT2D eigenvalue weighted by atomic mass is 10.2. The molecule has 1 rings (SSSR count). The van der Waals surface area contributed by atoms with E-state index in [0.717, 1.165) is 12.1 Å². The first-order valence-electron chi connectivity index (χ1n) is 8.45. The van der Waals surface area contributed by atoms with Crippen LogP contribution in [0.25, 0.3) is 0 Å². The maximum atomic E-state index is 11.9. The first-order chi connectivity index (χ1) is 14.7. The monoisotopic (exact) mass is 447 g/mol. The van der Waals surface area contributed by atoms with Crippen molar-refractivity contribution < 1.29 is 59.5 Å². The summed E-state index contributed by atoms with van der Waals surface area (Å²) < 4.78 is 0. The van der Waals surface area contributed by atoms with Gasteiger partial charge in [-0.3, -0.25) is 4.79 Å². The number of para-hydroxylation sites is 1. The van der Waals surface area contributed by atoms with Gasteiger partial charge < -0.3 is 45.6 Å². The minimum absolute atomic E-state index is 0.454. The van der Waals surface area contributed by atoms with Crippen LogP contribution in [-0.4, -0.2) is 92.4 Å². The summed E-state index contributed by atoms with van der Waals surface area (Å²) in [7, 11) is 0. The molecule has 0 spiro atoms. The molecular weight excluding hydrogens is 426 g/mol. The van der Waals surface area contributed by atoms with Gasteiger partial charge in [-0.05, 0) is 12.1 Å². The van der Waals surface area contributed by atoms with E-state index in [-0.39, 0.29) is 0 Å². The molecule has 9 N–H and O–H groups in total. The molecule has 15 nitrogen and oxygen atoms in total. The number of hydrogen-bond acceptors (Lipinski definition) is 13. The van der Waals surface area contributed by atoms with Gasteiger partial charge in [0.15, 0.2) is 17.5 Å². The molecule has 0 aromatic heterocycles. The van der Waals surface area contributed by atoms with E-state index in [2.05, 4.69) is 9.68 Å². The summed E-state index contributed by atoms with van der Waals surface area (Å²) in [5.74, 6) is -6.58. The predicted molar refractivity (Wildman–Crippen MR) is 96.0 cm³/mol. The van der Waals surface area contributed by atoms with E-state index in [4.69, 9.17) is 10.2 Å². The zero-order valence-corrected chi connectivity index (χ0v) is 15.7. The van der Waals surface area contributed by atoms with Crippen molar-refractivity contribution in [3.05, 3.63) is 23.8 Å².